The van der Waals surface area contributed by atoms with Gasteiger partial charge in [-0.05, 0) is 0 Å². The number of ether oxygens (including phenoxy) is 1. The molecule has 0 aliphatic carbocycles. The van der Waals surface area contributed by atoms with Gasteiger partial charge in [0, 0.05) is 12.3 Å². The molecular weight excluding hydrogens is 295 g/mol. The Balaban J connectivity index is 1.92. The van der Waals surface area contributed by atoms with Crippen LogP contribution in [-0.2, 0) is 18.3 Å². The number of nitrogens with one attached hydrogen (secondary N) is 1. The van der Waals surface area contributed by atoms with Gasteiger partial charge in [0.1, 0.15) is 18.3 Å². The number of aromatic nitrogens is 2. The highest BCUT2D eigenvalue weighted by atomic mass is 31.2. The quantitative estimate of drug-likeness (QED) is 0.522. The maximum Gasteiger partial charge on any atom is 0.472 e. The van der Waals surface area contributed by atoms with E-state index in [2.05, 4.69) is 4.52 Å². The summed E-state index contributed by atoms with van der Waals surface area (Å²) < 4.78 is 27.0. The van der Waals surface area contributed by atoms with Crippen LogP contribution in [0, 0.1) is 0 Å². The standard InChI is InChI=1S/C9H11N2O8P/c12-5-1-2-11(9(14)10-5)8-6(13)7-4(18-8)3-17-20(15,16)19-7/h1-2,4,6-8,13H,3H2,(H,15,16)(H,10,12,14). The van der Waals surface area contributed by atoms with Gasteiger partial charge in [-0.1, -0.05) is 0 Å². The van der Waals surface area contributed by atoms with Crippen LogP contribution >= 0.6 is 7.82 Å². The fourth-order valence-electron chi connectivity index (χ4n) is 2.19. The first kappa shape index (κ1) is 13.7. The molecule has 1 aromatic heterocycles. The summed E-state index contributed by atoms with van der Waals surface area (Å²) in [4.78, 5) is 33.9. The molecule has 2 aliphatic rings. The highest BCUT2D eigenvalue weighted by Crippen LogP contribution is 2.52. The fourth-order valence-corrected chi connectivity index (χ4v) is 3.16. The van der Waals surface area contributed by atoms with Crippen LogP contribution in [0.4, 0.5) is 0 Å². The molecule has 2 saturated heterocycles. The molecule has 0 bridgehead atoms. The fraction of sp³-hybridized carbons (Fsp3) is 0.556. The van der Waals surface area contributed by atoms with Crippen LogP contribution in [0.2, 0.25) is 0 Å². The van der Waals surface area contributed by atoms with E-state index in [-0.39, 0.29) is 6.61 Å². The average molecular weight is 306 g/mol. The van der Waals surface area contributed by atoms with Gasteiger partial charge >= 0.3 is 13.5 Å². The molecule has 0 saturated carbocycles. The van der Waals surface area contributed by atoms with E-state index in [4.69, 9.17) is 9.26 Å². The van der Waals surface area contributed by atoms with Gasteiger partial charge in [-0.25, -0.2) is 9.36 Å². The lowest BCUT2D eigenvalue weighted by molar-refractivity contribution is -0.0685. The molecular formula is C9H11N2O8P. The monoisotopic (exact) mass is 306 g/mol. The van der Waals surface area contributed by atoms with Gasteiger partial charge in [0.05, 0.1) is 6.61 Å². The lowest BCUT2D eigenvalue weighted by Crippen LogP contribution is -2.40. The highest BCUT2D eigenvalue weighted by Gasteiger charge is 2.52. The Bertz CT molecular complexity index is 683. The molecule has 11 heteroatoms. The normalized spacial score (nSPS) is 40.5. The lowest BCUT2D eigenvalue weighted by Gasteiger charge is -2.27. The maximum atomic E-state index is 11.6. The summed E-state index contributed by atoms with van der Waals surface area (Å²) in [5.41, 5.74) is -1.36. The van der Waals surface area contributed by atoms with Gasteiger partial charge in [-0.3, -0.25) is 23.4 Å². The summed E-state index contributed by atoms with van der Waals surface area (Å²) in [5.74, 6) is 0. The van der Waals surface area contributed by atoms with E-state index in [9.17, 15) is 24.2 Å². The number of nitrogens with zero attached hydrogens (tertiary/aromatic N) is 1. The van der Waals surface area contributed by atoms with Crippen molar-refractivity contribution in [3.63, 3.8) is 0 Å². The number of phosphoric ester groups is 1. The Hall–Kier alpha value is -1.29. The molecule has 20 heavy (non-hydrogen) atoms. The topological polar surface area (TPSA) is 140 Å². The Morgan fingerprint density at radius 2 is 2.20 bits per heavy atom. The van der Waals surface area contributed by atoms with E-state index >= 15 is 0 Å². The number of hydrogen-bond donors (Lipinski definition) is 3. The Morgan fingerprint density at radius 3 is 2.90 bits per heavy atom. The van der Waals surface area contributed by atoms with E-state index in [0.29, 0.717) is 0 Å². The molecule has 5 unspecified atom stereocenters. The zero-order chi connectivity index (χ0) is 14.5. The van der Waals surface area contributed by atoms with Crippen molar-refractivity contribution in [2.45, 2.75) is 24.5 Å². The van der Waals surface area contributed by atoms with Crippen LogP contribution in [-0.4, -0.2) is 44.5 Å². The van der Waals surface area contributed by atoms with E-state index in [1.807, 2.05) is 4.98 Å². The predicted octanol–water partition coefficient (Wildman–Crippen LogP) is -1.69. The molecule has 2 fully saturated rings. The molecule has 1 aromatic rings. The van der Waals surface area contributed by atoms with Crippen molar-refractivity contribution in [3.05, 3.63) is 33.1 Å². The van der Waals surface area contributed by atoms with Crippen molar-refractivity contribution in [2.75, 3.05) is 6.61 Å². The molecule has 10 nitrogen and oxygen atoms in total. The summed E-state index contributed by atoms with van der Waals surface area (Å²) in [6.07, 6.45) is -3.22. The molecule has 110 valence electrons. The van der Waals surface area contributed by atoms with E-state index in [1.54, 1.807) is 0 Å². The van der Waals surface area contributed by atoms with Crippen molar-refractivity contribution in [1.29, 1.82) is 0 Å². The van der Waals surface area contributed by atoms with Gasteiger partial charge in [-0.15, -0.1) is 0 Å². The van der Waals surface area contributed by atoms with Gasteiger partial charge in [0.2, 0.25) is 0 Å². The summed E-state index contributed by atoms with van der Waals surface area (Å²) in [5, 5.41) is 10.1. The molecule has 0 spiro atoms. The molecule has 5 atom stereocenters. The van der Waals surface area contributed by atoms with Crippen molar-refractivity contribution < 1.29 is 28.3 Å². The largest absolute Gasteiger partial charge is 0.472 e. The van der Waals surface area contributed by atoms with Crippen LogP contribution in [0.3, 0.4) is 0 Å². The molecule has 3 heterocycles. The van der Waals surface area contributed by atoms with Crippen LogP contribution in [0.25, 0.3) is 0 Å². The van der Waals surface area contributed by atoms with Crippen molar-refractivity contribution in [3.8, 4) is 0 Å². The molecule has 0 radical (unpaired) electrons. The van der Waals surface area contributed by atoms with E-state index < -0.39 is 43.6 Å². The molecule has 0 aromatic carbocycles. The molecule has 3 N–H and O–H groups in total. The number of rotatable bonds is 1. The van der Waals surface area contributed by atoms with Crippen LogP contribution in [0.1, 0.15) is 6.23 Å². The summed E-state index contributed by atoms with van der Waals surface area (Å²) >= 11 is 0. The second-order valence-corrected chi connectivity index (χ2v) is 5.81. The first-order chi connectivity index (χ1) is 9.37. The van der Waals surface area contributed by atoms with Gasteiger partial charge in [0.25, 0.3) is 5.56 Å². The zero-order valence-corrected chi connectivity index (χ0v) is 10.8. The number of fused-ring (bicyclic) bond motifs is 1. The van der Waals surface area contributed by atoms with Gasteiger partial charge in [-0.2, -0.15) is 0 Å². The molecule has 2 aliphatic heterocycles. The first-order valence-electron chi connectivity index (χ1n) is 5.68. The van der Waals surface area contributed by atoms with Crippen LogP contribution in [0.5, 0.6) is 0 Å². The minimum Gasteiger partial charge on any atom is -0.386 e. The molecule has 3 rings (SSSR count). The average Bonchev–Trinajstić information content (AvgIpc) is 2.66. The van der Waals surface area contributed by atoms with Crippen molar-refractivity contribution in [1.82, 2.24) is 9.55 Å². The number of aliphatic hydroxyl groups excluding tert-OH is 1. The van der Waals surface area contributed by atoms with Crippen molar-refractivity contribution >= 4 is 7.82 Å². The maximum absolute atomic E-state index is 11.6. The first-order valence-corrected chi connectivity index (χ1v) is 7.18. The SMILES string of the molecule is O=c1ccn(C2OC3COP(=O)(O)OC3C2O)c(=O)[nH]1. The van der Waals surface area contributed by atoms with Crippen molar-refractivity contribution in [2.24, 2.45) is 0 Å². The Kier molecular flexibility index (Phi) is 3.16. The Morgan fingerprint density at radius 1 is 1.45 bits per heavy atom. The third-order valence-corrected chi connectivity index (χ3v) is 4.08. The Labute approximate surface area is 111 Å². The van der Waals surface area contributed by atoms with Gasteiger partial charge < -0.3 is 14.7 Å². The molecule has 0 amide bonds. The number of phosphoric acid groups is 1. The highest BCUT2D eigenvalue weighted by molar-refractivity contribution is 7.47. The third-order valence-electron chi connectivity index (χ3n) is 3.09. The number of H-pyrrole nitrogens is 1. The zero-order valence-electron chi connectivity index (χ0n) is 9.91. The summed E-state index contributed by atoms with van der Waals surface area (Å²) in [6.45, 7) is -0.246. The smallest absolute Gasteiger partial charge is 0.386 e. The van der Waals surface area contributed by atoms with Gasteiger partial charge in [0.15, 0.2) is 6.23 Å². The van der Waals surface area contributed by atoms with E-state index in [1.165, 1.54) is 0 Å². The minimum absolute atomic E-state index is 0.246. The second kappa shape index (κ2) is 4.62. The summed E-state index contributed by atoms with van der Waals surface area (Å²) in [6, 6.07) is 1.09. The van der Waals surface area contributed by atoms with Crippen LogP contribution in [0.15, 0.2) is 21.9 Å². The number of hydrogen-bond acceptors (Lipinski definition) is 7. The summed E-state index contributed by atoms with van der Waals surface area (Å²) in [7, 11) is -4.22. The second-order valence-electron chi connectivity index (χ2n) is 4.41. The lowest BCUT2D eigenvalue weighted by atomic mass is 10.1. The minimum atomic E-state index is -4.22. The third kappa shape index (κ3) is 2.26. The van der Waals surface area contributed by atoms with E-state index in [0.717, 1.165) is 16.8 Å². The number of aromatic amines is 1. The van der Waals surface area contributed by atoms with Crippen LogP contribution < -0.4 is 11.2 Å². The number of aliphatic hydroxyl groups is 1. The predicted molar refractivity (Wildman–Crippen MR) is 61.9 cm³/mol.